The molecule has 2 aromatic carbocycles. The molecule has 0 bridgehead atoms. The highest BCUT2D eigenvalue weighted by atomic mass is 19.1. The quantitative estimate of drug-likeness (QED) is 0.0523. The third-order valence-corrected chi connectivity index (χ3v) is 5.93. The summed E-state index contributed by atoms with van der Waals surface area (Å²) >= 11 is 0. The normalized spacial score (nSPS) is 13.0. The molecule has 8 nitrogen and oxygen atoms in total. The molecule has 0 saturated carbocycles. The number of carbonyl (C=O) groups is 2. The van der Waals surface area contributed by atoms with Crippen LogP contribution in [0.1, 0.15) is 48.4 Å². The summed E-state index contributed by atoms with van der Waals surface area (Å²) in [5, 5.41) is 8.98. The number of rotatable bonds is 15. The van der Waals surface area contributed by atoms with E-state index in [1.54, 1.807) is 30.4 Å². The lowest BCUT2D eigenvalue weighted by molar-refractivity contribution is -0.137. The van der Waals surface area contributed by atoms with Crippen molar-refractivity contribution in [2.24, 2.45) is 16.6 Å². The second kappa shape index (κ2) is 15.8. The Morgan fingerprint density at radius 3 is 2.46 bits per heavy atom. The number of amidine groups is 1. The van der Waals surface area contributed by atoms with Crippen LogP contribution in [0.2, 0.25) is 0 Å². The maximum Gasteiger partial charge on any atom is 0.303 e. The maximum atomic E-state index is 13.3. The van der Waals surface area contributed by atoms with E-state index >= 15 is 0 Å². The van der Waals surface area contributed by atoms with Gasteiger partial charge in [-0.15, -0.1) is 0 Å². The molecule has 0 aliphatic rings. The first-order chi connectivity index (χ1) is 18.7. The van der Waals surface area contributed by atoms with Gasteiger partial charge < -0.3 is 15.7 Å². The molecule has 0 heterocycles. The van der Waals surface area contributed by atoms with Gasteiger partial charge in [-0.25, -0.2) is 9.38 Å². The van der Waals surface area contributed by atoms with Gasteiger partial charge in [0.15, 0.2) is 0 Å². The highest BCUT2D eigenvalue weighted by Gasteiger charge is 2.16. The number of nitrogens with zero attached hydrogens (tertiary/aromatic N) is 2. The fourth-order valence-corrected chi connectivity index (χ4v) is 3.77. The Morgan fingerprint density at radius 1 is 1.18 bits per heavy atom. The molecule has 1 atom stereocenters. The zero-order valence-corrected chi connectivity index (χ0v) is 22.1. The lowest BCUT2D eigenvalue weighted by Crippen LogP contribution is -2.28. The van der Waals surface area contributed by atoms with Gasteiger partial charge in [0.2, 0.25) is 6.41 Å². The average molecular weight is 535 g/mol. The molecule has 0 saturated heterocycles. The van der Waals surface area contributed by atoms with Crippen molar-refractivity contribution in [3.63, 3.8) is 0 Å². The molecule has 39 heavy (non-hydrogen) atoms. The summed E-state index contributed by atoms with van der Waals surface area (Å²) in [6.07, 6.45) is 8.88. The van der Waals surface area contributed by atoms with E-state index in [1.165, 1.54) is 23.1 Å². The molecule has 0 aromatic heterocycles. The lowest BCUT2D eigenvalue weighted by Gasteiger charge is -2.21. The van der Waals surface area contributed by atoms with E-state index in [-0.39, 0.29) is 12.2 Å². The molecule has 2 aromatic rings. The zero-order chi connectivity index (χ0) is 28.8. The number of aliphatic imine (C=N–C) groups is 1. The number of hydrogen-bond acceptors (Lipinski definition) is 6. The van der Waals surface area contributed by atoms with Gasteiger partial charge >= 0.3 is 5.97 Å². The number of hydrogen-bond donors (Lipinski definition) is 3. The third-order valence-electron chi connectivity index (χ3n) is 5.93. The van der Waals surface area contributed by atoms with Crippen molar-refractivity contribution < 1.29 is 23.9 Å². The van der Waals surface area contributed by atoms with Crippen molar-refractivity contribution in [1.82, 2.24) is 4.90 Å². The number of amides is 1. The van der Waals surface area contributed by atoms with Gasteiger partial charge in [-0.1, -0.05) is 43.5 Å². The van der Waals surface area contributed by atoms with E-state index < -0.39 is 12.0 Å². The van der Waals surface area contributed by atoms with Crippen LogP contribution in [0, 0.1) is 12.7 Å². The van der Waals surface area contributed by atoms with Crippen LogP contribution in [0.4, 0.5) is 10.1 Å². The van der Waals surface area contributed by atoms with Gasteiger partial charge in [0.05, 0.1) is 11.7 Å². The molecule has 0 spiro atoms. The van der Waals surface area contributed by atoms with Crippen LogP contribution in [-0.4, -0.2) is 28.2 Å². The summed E-state index contributed by atoms with van der Waals surface area (Å²) in [6.45, 7) is 9.36. The topological polar surface area (TPSA) is 131 Å². The standard InChI is InChI=1S/C30H35FN4O4/c1-4-8-25(5-2)35(20-36)28(9-6-7-10-29(37)38)34-26-19-22(12-11-21(26)3)13-18-27(39-33)30(32)23-14-16-24(31)17-15-23/h4-5,8,11-12,14-20,30H,1-2,6-7,9-10,13,32-33H2,3H3,(H,37,38)/b25-8+,27-18-,34-28-. The molecule has 1 unspecified atom stereocenters. The first kappa shape index (κ1) is 30.9. The first-order valence-electron chi connectivity index (χ1n) is 12.4. The number of unbranched alkanes of at least 4 members (excludes halogenated alkanes) is 1. The Bertz CT molecular complexity index is 1250. The Balaban J connectivity index is 2.39. The predicted molar refractivity (Wildman–Crippen MR) is 151 cm³/mol. The van der Waals surface area contributed by atoms with Crippen molar-refractivity contribution in [2.75, 3.05) is 0 Å². The zero-order valence-electron chi connectivity index (χ0n) is 22.1. The molecule has 9 heteroatoms. The van der Waals surface area contributed by atoms with E-state index in [2.05, 4.69) is 13.2 Å². The van der Waals surface area contributed by atoms with E-state index in [1.807, 2.05) is 25.1 Å². The molecule has 2 rings (SSSR count). The van der Waals surface area contributed by atoms with Crippen LogP contribution in [0.3, 0.4) is 0 Å². The fourth-order valence-electron chi connectivity index (χ4n) is 3.77. The Hall–Kier alpha value is -4.34. The predicted octanol–water partition coefficient (Wildman–Crippen LogP) is 5.54. The van der Waals surface area contributed by atoms with Gasteiger partial charge in [-0.2, -0.15) is 5.90 Å². The fraction of sp³-hybridized carbons (Fsp3) is 0.233. The number of halogens is 1. The van der Waals surface area contributed by atoms with Crippen LogP contribution in [0.25, 0.3) is 0 Å². The number of carboxylic acid groups (broad SMARTS) is 1. The summed E-state index contributed by atoms with van der Waals surface area (Å²) in [6, 6.07) is 10.8. The SMILES string of the molecule is C=C/C=C(\C=C)N(C=O)/C(CCCCC(=O)O)=N\c1cc(C/C=C(\ON)C(N)c2ccc(F)cc2)ccc1C. The molecule has 0 aliphatic heterocycles. The Kier molecular flexibility index (Phi) is 12.5. The van der Waals surface area contributed by atoms with Crippen LogP contribution in [0.15, 0.2) is 96.4 Å². The molecule has 0 aliphatic carbocycles. The van der Waals surface area contributed by atoms with E-state index in [9.17, 15) is 14.0 Å². The monoisotopic (exact) mass is 534 g/mol. The molecular weight excluding hydrogens is 499 g/mol. The van der Waals surface area contributed by atoms with Crippen molar-refractivity contribution >= 4 is 23.9 Å². The maximum absolute atomic E-state index is 13.3. The Labute approximate surface area is 228 Å². The van der Waals surface area contributed by atoms with Crippen LogP contribution in [0.5, 0.6) is 0 Å². The molecule has 0 fully saturated rings. The van der Waals surface area contributed by atoms with Gasteiger partial charge in [0, 0.05) is 18.5 Å². The summed E-state index contributed by atoms with van der Waals surface area (Å²) in [5.74, 6) is 5.00. The highest BCUT2D eigenvalue weighted by Crippen LogP contribution is 2.25. The van der Waals surface area contributed by atoms with E-state index in [4.69, 9.17) is 26.6 Å². The van der Waals surface area contributed by atoms with E-state index in [0.717, 1.165) is 11.1 Å². The summed E-state index contributed by atoms with van der Waals surface area (Å²) in [5.41, 5.74) is 9.80. The number of allylic oxidation sites excluding steroid dienone is 4. The first-order valence-corrected chi connectivity index (χ1v) is 12.4. The van der Waals surface area contributed by atoms with Crippen LogP contribution < -0.4 is 11.6 Å². The van der Waals surface area contributed by atoms with Crippen molar-refractivity contribution in [2.45, 2.75) is 45.1 Å². The average Bonchev–Trinajstić information content (AvgIpc) is 2.92. The van der Waals surface area contributed by atoms with Gasteiger partial charge in [0.1, 0.15) is 17.4 Å². The minimum Gasteiger partial charge on any atom is -0.481 e. The number of nitrogens with two attached hydrogens (primary N) is 2. The molecular formula is C30H35FN4O4. The van der Waals surface area contributed by atoms with Gasteiger partial charge in [-0.3, -0.25) is 14.5 Å². The highest BCUT2D eigenvalue weighted by molar-refractivity contribution is 5.95. The second-order valence-electron chi connectivity index (χ2n) is 8.71. The number of aryl methyl sites for hydroxylation is 1. The number of aliphatic carboxylic acids is 1. The molecule has 1 amide bonds. The number of carboxylic acids is 1. The molecule has 5 N–H and O–H groups in total. The minimum absolute atomic E-state index is 0.0254. The van der Waals surface area contributed by atoms with Gasteiger partial charge in [0.25, 0.3) is 0 Å². The van der Waals surface area contributed by atoms with Crippen molar-refractivity contribution in [3.05, 3.63) is 114 Å². The largest absolute Gasteiger partial charge is 0.481 e. The van der Waals surface area contributed by atoms with Crippen molar-refractivity contribution in [3.8, 4) is 0 Å². The summed E-state index contributed by atoms with van der Waals surface area (Å²) in [4.78, 5) is 34.2. The van der Waals surface area contributed by atoms with E-state index in [0.29, 0.717) is 60.6 Å². The van der Waals surface area contributed by atoms with Crippen LogP contribution >= 0.6 is 0 Å². The third kappa shape index (κ3) is 9.48. The second-order valence-corrected chi connectivity index (χ2v) is 8.71. The summed E-state index contributed by atoms with van der Waals surface area (Å²) in [7, 11) is 0. The van der Waals surface area contributed by atoms with Crippen molar-refractivity contribution in [1.29, 1.82) is 0 Å². The number of benzene rings is 2. The molecule has 0 radical (unpaired) electrons. The molecule has 206 valence electrons. The number of carbonyl (C=O) groups excluding carboxylic acids is 1. The van der Waals surface area contributed by atoms with Crippen LogP contribution in [-0.2, 0) is 20.8 Å². The smallest absolute Gasteiger partial charge is 0.303 e. The minimum atomic E-state index is -0.879. The summed E-state index contributed by atoms with van der Waals surface area (Å²) < 4.78 is 13.3. The Morgan fingerprint density at radius 2 is 1.87 bits per heavy atom. The van der Waals surface area contributed by atoms with Gasteiger partial charge in [-0.05, 0) is 79.3 Å². The lowest BCUT2D eigenvalue weighted by atomic mass is 10.0.